The fraction of sp³-hybridized carbons (Fsp3) is 0.371. The van der Waals surface area contributed by atoms with Crippen molar-refractivity contribution in [1.82, 2.24) is 25.3 Å². The molecular weight excluding hydrogens is 589 g/mol. The molecule has 2 heterocycles. The van der Waals surface area contributed by atoms with Crippen LogP contribution in [0.15, 0.2) is 78.9 Å². The van der Waals surface area contributed by atoms with E-state index >= 15 is 0 Å². The summed E-state index contributed by atoms with van der Waals surface area (Å²) in [6, 6.07) is 20.4. The lowest BCUT2D eigenvalue weighted by Gasteiger charge is -2.36. The first-order valence-corrected chi connectivity index (χ1v) is 15.7. The van der Waals surface area contributed by atoms with Crippen LogP contribution in [-0.4, -0.2) is 96.3 Å². The van der Waals surface area contributed by atoms with Gasteiger partial charge in [-0.3, -0.25) is 24.1 Å². The zero-order chi connectivity index (χ0) is 32.5. The number of likely N-dealkylation sites (N-methyl/N-ethyl adjacent to an activating group) is 1. The molecule has 4 amide bonds. The van der Waals surface area contributed by atoms with E-state index in [1.54, 1.807) is 46.2 Å². The van der Waals surface area contributed by atoms with Crippen LogP contribution in [0, 0.1) is 5.82 Å². The van der Waals surface area contributed by atoms with Crippen molar-refractivity contribution in [2.24, 2.45) is 0 Å². The molecule has 0 saturated carbocycles. The third-order valence-electron chi connectivity index (χ3n) is 8.36. The normalized spacial score (nSPS) is 20.2. The number of hydrogen-bond acceptors (Lipinski definition) is 6. The zero-order valence-corrected chi connectivity index (χ0v) is 26.0. The number of ether oxygens (including phenoxy) is 1. The van der Waals surface area contributed by atoms with Crippen molar-refractivity contribution in [2.45, 2.75) is 38.4 Å². The first-order valence-electron chi connectivity index (χ1n) is 15.7. The maximum absolute atomic E-state index is 13.9. The summed E-state index contributed by atoms with van der Waals surface area (Å²) in [4.78, 5) is 60.2. The largest absolute Gasteiger partial charge is 0.491 e. The van der Waals surface area contributed by atoms with Crippen LogP contribution in [0.3, 0.4) is 0 Å². The summed E-state index contributed by atoms with van der Waals surface area (Å²) in [7, 11) is 0. The van der Waals surface area contributed by atoms with Crippen LogP contribution in [-0.2, 0) is 27.3 Å². The Labute approximate surface area is 268 Å². The van der Waals surface area contributed by atoms with Crippen LogP contribution >= 0.6 is 0 Å². The molecule has 11 heteroatoms. The maximum Gasteiger partial charge on any atom is 0.255 e. The molecular formula is C35H40FN5O5. The fourth-order valence-corrected chi connectivity index (χ4v) is 5.81. The number of nitrogens with one attached hydrogen (secondary N) is 2. The van der Waals surface area contributed by atoms with Crippen LogP contribution in [0.2, 0.25) is 0 Å². The second-order valence-electron chi connectivity index (χ2n) is 11.5. The molecule has 10 nitrogen and oxygen atoms in total. The Hall–Kier alpha value is -4.77. The third-order valence-corrected chi connectivity index (χ3v) is 8.36. The smallest absolute Gasteiger partial charge is 0.255 e. The van der Waals surface area contributed by atoms with Gasteiger partial charge in [0, 0.05) is 45.7 Å². The number of hydrogen-bond donors (Lipinski definition) is 2. The molecule has 1 saturated heterocycles. The van der Waals surface area contributed by atoms with Crippen molar-refractivity contribution in [3.05, 3.63) is 101 Å². The van der Waals surface area contributed by atoms with Gasteiger partial charge in [-0.1, -0.05) is 54.6 Å². The minimum Gasteiger partial charge on any atom is -0.491 e. The Morgan fingerprint density at radius 1 is 0.848 bits per heavy atom. The topological polar surface area (TPSA) is 111 Å². The molecule has 0 spiro atoms. The number of para-hydroxylation sites is 1. The molecule has 2 aliphatic rings. The van der Waals surface area contributed by atoms with Crippen LogP contribution in [0.5, 0.6) is 5.75 Å². The minimum atomic E-state index is -1.16. The van der Waals surface area contributed by atoms with Gasteiger partial charge in [0.1, 0.15) is 30.3 Å². The second kappa shape index (κ2) is 15.5. The van der Waals surface area contributed by atoms with Crippen molar-refractivity contribution in [3.8, 4) is 5.75 Å². The third kappa shape index (κ3) is 8.48. The number of fused-ring (bicyclic) bond motifs is 1. The monoisotopic (exact) mass is 629 g/mol. The number of nitrogens with zero attached hydrogens (tertiary/aromatic N) is 3. The summed E-state index contributed by atoms with van der Waals surface area (Å²) in [6.07, 6.45) is -0.0688. The Morgan fingerprint density at radius 2 is 1.54 bits per heavy atom. The molecule has 0 radical (unpaired) electrons. The van der Waals surface area contributed by atoms with Gasteiger partial charge in [0.05, 0.1) is 18.5 Å². The van der Waals surface area contributed by atoms with Gasteiger partial charge in [-0.05, 0) is 42.3 Å². The molecule has 3 aromatic rings. The van der Waals surface area contributed by atoms with Gasteiger partial charge in [-0.2, -0.15) is 0 Å². The summed E-state index contributed by atoms with van der Waals surface area (Å²) >= 11 is 0. The molecule has 2 atom stereocenters. The van der Waals surface area contributed by atoms with Crippen LogP contribution < -0.4 is 15.4 Å². The van der Waals surface area contributed by atoms with Crippen LogP contribution in [0.1, 0.15) is 34.8 Å². The van der Waals surface area contributed by atoms with E-state index < -0.39 is 23.9 Å². The number of benzene rings is 3. The zero-order valence-electron chi connectivity index (χ0n) is 26.0. The van der Waals surface area contributed by atoms with E-state index in [1.165, 1.54) is 12.1 Å². The van der Waals surface area contributed by atoms with Gasteiger partial charge in [-0.15, -0.1) is 0 Å². The van der Waals surface area contributed by atoms with Gasteiger partial charge in [0.2, 0.25) is 17.7 Å². The van der Waals surface area contributed by atoms with E-state index in [1.807, 2.05) is 37.3 Å². The molecule has 242 valence electrons. The molecule has 0 aliphatic carbocycles. The number of amides is 4. The quantitative estimate of drug-likeness (QED) is 0.434. The van der Waals surface area contributed by atoms with Gasteiger partial charge >= 0.3 is 0 Å². The lowest BCUT2D eigenvalue weighted by molar-refractivity contribution is -0.139. The molecule has 3 aromatic carbocycles. The van der Waals surface area contributed by atoms with E-state index in [-0.39, 0.29) is 49.2 Å². The first-order chi connectivity index (χ1) is 22.3. The van der Waals surface area contributed by atoms with Crippen molar-refractivity contribution in [2.75, 3.05) is 45.9 Å². The fourth-order valence-electron chi connectivity index (χ4n) is 5.81. The number of carbonyl (C=O) groups excluding carboxylic acids is 4. The number of piperazine rings is 1. The molecule has 2 N–H and O–H groups in total. The Balaban J connectivity index is 1.35. The molecule has 0 bridgehead atoms. The van der Waals surface area contributed by atoms with Crippen LogP contribution in [0.4, 0.5) is 4.39 Å². The molecule has 2 aliphatic heterocycles. The van der Waals surface area contributed by atoms with Gasteiger partial charge in [0.15, 0.2) is 0 Å². The molecule has 5 rings (SSSR count). The number of rotatable bonds is 6. The van der Waals surface area contributed by atoms with Gasteiger partial charge in [0.25, 0.3) is 5.91 Å². The van der Waals surface area contributed by atoms with Crippen LogP contribution in [0.25, 0.3) is 0 Å². The lowest BCUT2D eigenvalue weighted by atomic mass is 10.0. The van der Waals surface area contributed by atoms with Gasteiger partial charge < -0.3 is 25.2 Å². The summed E-state index contributed by atoms with van der Waals surface area (Å²) in [6.45, 7) is 5.23. The standard InChI is InChI=1S/C35H40FN5O5/c1-2-40-20-21-46-31-11-7-6-10-28(31)33(43)38-30(23-32(42)37-29(34(40)44)22-25-8-4-3-5-9-25)35(45)41-18-16-39(17-19-41)24-26-12-14-27(36)15-13-26/h3-15,29-30H,2,16-24H2,1H3,(H,37,42)(H,38,43)/t29-,30-/m0/s1. The van der Waals surface area contributed by atoms with E-state index in [0.717, 1.165) is 11.1 Å². The highest BCUT2D eigenvalue weighted by molar-refractivity contribution is 6.01. The number of halogens is 1. The van der Waals surface area contributed by atoms with Crippen molar-refractivity contribution >= 4 is 23.6 Å². The Bertz CT molecular complexity index is 1510. The maximum atomic E-state index is 13.9. The predicted molar refractivity (Wildman–Crippen MR) is 170 cm³/mol. The SMILES string of the molecule is CCN1CCOc2ccccc2C(=O)N[C@H](C(=O)N2CCN(Cc3ccc(F)cc3)CC2)CC(=O)N[C@@H](Cc2ccccc2)C1=O. The van der Waals surface area contributed by atoms with E-state index in [0.29, 0.717) is 45.0 Å². The predicted octanol–water partition coefficient (Wildman–Crippen LogP) is 2.63. The summed E-state index contributed by atoms with van der Waals surface area (Å²) in [5.74, 6) is -1.64. The highest BCUT2D eigenvalue weighted by Crippen LogP contribution is 2.20. The lowest BCUT2D eigenvalue weighted by Crippen LogP contribution is -2.57. The average Bonchev–Trinajstić information content (AvgIpc) is 3.07. The highest BCUT2D eigenvalue weighted by Gasteiger charge is 2.33. The minimum absolute atomic E-state index is 0.139. The van der Waals surface area contributed by atoms with Crippen molar-refractivity contribution in [3.63, 3.8) is 0 Å². The molecule has 1 fully saturated rings. The number of carbonyl (C=O) groups is 4. The van der Waals surface area contributed by atoms with Gasteiger partial charge in [-0.25, -0.2) is 4.39 Å². The Kier molecular flexibility index (Phi) is 11.0. The summed E-state index contributed by atoms with van der Waals surface area (Å²) in [5.41, 5.74) is 2.08. The Morgan fingerprint density at radius 3 is 2.26 bits per heavy atom. The average molecular weight is 630 g/mol. The molecule has 0 aromatic heterocycles. The second-order valence-corrected chi connectivity index (χ2v) is 11.5. The van der Waals surface area contributed by atoms with Crippen molar-refractivity contribution in [1.29, 1.82) is 0 Å². The van der Waals surface area contributed by atoms with E-state index in [4.69, 9.17) is 4.74 Å². The van der Waals surface area contributed by atoms with E-state index in [2.05, 4.69) is 15.5 Å². The highest BCUT2D eigenvalue weighted by atomic mass is 19.1. The van der Waals surface area contributed by atoms with Crippen molar-refractivity contribution < 1.29 is 28.3 Å². The van der Waals surface area contributed by atoms with E-state index in [9.17, 15) is 23.6 Å². The molecule has 0 unspecified atom stereocenters. The first kappa shape index (κ1) is 32.6. The summed E-state index contributed by atoms with van der Waals surface area (Å²) < 4.78 is 19.3. The molecule has 46 heavy (non-hydrogen) atoms. The summed E-state index contributed by atoms with van der Waals surface area (Å²) in [5, 5.41) is 5.66.